The second-order valence-corrected chi connectivity index (χ2v) is 7.48. The van der Waals surface area contributed by atoms with Crippen LogP contribution in [0.25, 0.3) is 10.1 Å². The van der Waals surface area contributed by atoms with Crippen molar-refractivity contribution in [3.8, 4) is 0 Å². The summed E-state index contributed by atoms with van der Waals surface area (Å²) in [5.74, 6) is 0.357. The summed E-state index contributed by atoms with van der Waals surface area (Å²) >= 11 is 1.53. The van der Waals surface area contributed by atoms with Crippen molar-refractivity contribution in [3.05, 3.63) is 35.2 Å². The fourth-order valence-electron chi connectivity index (χ4n) is 3.62. The summed E-state index contributed by atoms with van der Waals surface area (Å²) in [5.41, 5.74) is 5.79. The first-order chi connectivity index (χ1) is 11.2. The minimum atomic E-state index is 0.00266. The standard InChI is InChI=1S/C17H19N3O2S/c21-16-9-11-7-12(5-6-13(11)19-20-16)18-17(22)15-8-10-3-1-2-4-14(10)23-15/h1-4,8,11-13,19H,5-7,9H2,(H,18,22)(H,20,21). The van der Waals surface area contributed by atoms with Crippen molar-refractivity contribution in [3.63, 3.8) is 0 Å². The van der Waals surface area contributed by atoms with E-state index >= 15 is 0 Å². The number of thiophene rings is 1. The molecule has 1 saturated carbocycles. The third kappa shape index (κ3) is 2.96. The lowest BCUT2D eigenvalue weighted by molar-refractivity contribution is -0.126. The molecule has 0 spiro atoms. The Kier molecular flexibility index (Phi) is 3.79. The predicted octanol–water partition coefficient (Wildman–Crippen LogP) is 2.19. The van der Waals surface area contributed by atoms with Gasteiger partial charge in [-0.15, -0.1) is 11.3 Å². The number of carbonyl (C=O) groups is 2. The molecule has 3 unspecified atom stereocenters. The summed E-state index contributed by atoms with van der Waals surface area (Å²) in [4.78, 5) is 24.8. The van der Waals surface area contributed by atoms with E-state index in [4.69, 9.17) is 0 Å². The van der Waals surface area contributed by atoms with Gasteiger partial charge in [0.15, 0.2) is 0 Å². The van der Waals surface area contributed by atoms with E-state index in [-0.39, 0.29) is 17.9 Å². The number of benzene rings is 1. The average Bonchev–Trinajstić information content (AvgIpc) is 2.98. The summed E-state index contributed by atoms with van der Waals surface area (Å²) < 4.78 is 1.13. The van der Waals surface area contributed by atoms with Crippen LogP contribution in [0.15, 0.2) is 30.3 Å². The van der Waals surface area contributed by atoms with Gasteiger partial charge in [0.05, 0.1) is 4.88 Å². The van der Waals surface area contributed by atoms with E-state index in [0.717, 1.165) is 34.2 Å². The van der Waals surface area contributed by atoms with Crippen LogP contribution in [-0.2, 0) is 4.79 Å². The molecule has 2 amide bonds. The van der Waals surface area contributed by atoms with Gasteiger partial charge in [-0.25, -0.2) is 5.43 Å². The van der Waals surface area contributed by atoms with Crippen molar-refractivity contribution >= 4 is 33.2 Å². The molecule has 0 radical (unpaired) electrons. The molecule has 1 aliphatic heterocycles. The zero-order valence-electron chi connectivity index (χ0n) is 12.7. The number of fused-ring (bicyclic) bond motifs is 2. The number of amides is 2. The highest BCUT2D eigenvalue weighted by Gasteiger charge is 2.35. The average molecular weight is 329 g/mol. The van der Waals surface area contributed by atoms with Crippen LogP contribution in [-0.4, -0.2) is 23.9 Å². The fourth-order valence-corrected chi connectivity index (χ4v) is 4.59. The van der Waals surface area contributed by atoms with Gasteiger partial charge in [-0.1, -0.05) is 18.2 Å². The molecule has 23 heavy (non-hydrogen) atoms. The van der Waals surface area contributed by atoms with Crippen LogP contribution >= 0.6 is 11.3 Å². The number of hydrogen-bond donors (Lipinski definition) is 3. The third-order valence-corrected chi connectivity index (χ3v) is 5.93. The van der Waals surface area contributed by atoms with Gasteiger partial charge in [-0.3, -0.25) is 15.0 Å². The summed E-state index contributed by atoms with van der Waals surface area (Å²) in [5, 5.41) is 4.27. The molecule has 0 bridgehead atoms. The normalized spacial score (nSPS) is 27.3. The van der Waals surface area contributed by atoms with E-state index in [0.29, 0.717) is 18.4 Å². The Hall–Kier alpha value is -1.92. The Morgan fingerprint density at radius 2 is 2.13 bits per heavy atom. The maximum Gasteiger partial charge on any atom is 0.261 e. The van der Waals surface area contributed by atoms with Gasteiger partial charge in [0.25, 0.3) is 5.91 Å². The lowest BCUT2D eigenvalue weighted by atomic mass is 9.79. The first kappa shape index (κ1) is 14.7. The number of hydrazine groups is 1. The van der Waals surface area contributed by atoms with Crippen LogP contribution in [0.2, 0.25) is 0 Å². The first-order valence-corrected chi connectivity index (χ1v) is 8.84. The molecule has 4 rings (SSSR count). The van der Waals surface area contributed by atoms with Crippen molar-refractivity contribution in [1.29, 1.82) is 0 Å². The summed E-state index contributed by atoms with van der Waals surface area (Å²) in [7, 11) is 0. The van der Waals surface area contributed by atoms with Gasteiger partial charge in [0.1, 0.15) is 0 Å². The minimum absolute atomic E-state index is 0.00266. The van der Waals surface area contributed by atoms with Crippen LogP contribution in [0.1, 0.15) is 35.4 Å². The smallest absolute Gasteiger partial charge is 0.261 e. The second kappa shape index (κ2) is 5.94. The SMILES string of the molecule is O=C1CC2CC(NC(=O)c3cc4ccccc4s3)CCC2NN1. The van der Waals surface area contributed by atoms with E-state index in [2.05, 4.69) is 16.2 Å². The minimum Gasteiger partial charge on any atom is -0.349 e. The Labute approximate surface area is 138 Å². The molecule has 2 aromatic rings. The molecule has 2 fully saturated rings. The molecular weight excluding hydrogens is 310 g/mol. The summed E-state index contributed by atoms with van der Waals surface area (Å²) in [6.45, 7) is 0. The van der Waals surface area contributed by atoms with Gasteiger partial charge >= 0.3 is 0 Å². The van der Waals surface area contributed by atoms with Crippen LogP contribution in [0, 0.1) is 5.92 Å². The predicted molar refractivity (Wildman–Crippen MR) is 90.1 cm³/mol. The molecule has 5 nitrogen and oxygen atoms in total. The Morgan fingerprint density at radius 3 is 3.00 bits per heavy atom. The number of carbonyl (C=O) groups excluding carboxylic acids is 2. The molecule has 2 aliphatic rings. The quantitative estimate of drug-likeness (QED) is 0.791. The molecule has 2 heterocycles. The molecule has 1 aliphatic carbocycles. The Balaban J connectivity index is 1.43. The van der Waals surface area contributed by atoms with Crippen LogP contribution in [0.4, 0.5) is 0 Å². The maximum atomic E-state index is 12.5. The molecule has 3 atom stereocenters. The van der Waals surface area contributed by atoms with Gasteiger partial charge in [-0.2, -0.15) is 0 Å². The largest absolute Gasteiger partial charge is 0.349 e. The van der Waals surface area contributed by atoms with Crippen molar-refractivity contribution < 1.29 is 9.59 Å². The second-order valence-electron chi connectivity index (χ2n) is 6.40. The van der Waals surface area contributed by atoms with Gasteiger partial charge in [-0.05, 0) is 42.7 Å². The molecule has 6 heteroatoms. The highest BCUT2D eigenvalue weighted by atomic mass is 32.1. The number of hydrogen-bond acceptors (Lipinski definition) is 4. The summed E-state index contributed by atoms with van der Waals surface area (Å²) in [6.07, 6.45) is 3.33. The van der Waals surface area contributed by atoms with E-state index in [1.54, 1.807) is 0 Å². The van der Waals surface area contributed by atoms with E-state index in [1.165, 1.54) is 11.3 Å². The van der Waals surface area contributed by atoms with Crippen LogP contribution < -0.4 is 16.2 Å². The fraction of sp³-hybridized carbons (Fsp3) is 0.412. The Bertz CT molecular complexity index is 724. The topological polar surface area (TPSA) is 70.2 Å². The monoisotopic (exact) mass is 329 g/mol. The molecular formula is C17H19N3O2S. The molecule has 1 saturated heterocycles. The molecule has 1 aromatic heterocycles. The zero-order chi connectivity index (χ0) is 15.8. The molecule has 120 valence electrons. The zero-order valence-corrected chi connectivity index (χ0v) is 13.5. The maximum absolute atomic E-state index is 12.5. The third-order valence-electron chi connectivity index (χ3n) is 4.81. The van der Waals surface area contributed by atoms with E-state index in [9.17, 15) is 9.59 Å². The van der Waals surface area contributed by atoms with Gasteiger partial charge < -0.3 is 5.32 Å². The number of rotatable bonds is 2. The van der Waals surface area contributed by atoms with E-state index in [1.807, 2.05) is 30.3 Å². The molecule has 1 aromatic carbocycles. The lowest BCUT2D eigenvalue weighted by Gasteiger charge is -2.39. The summed E-state index contributed by atoms with van der Waals surface area (Å²) in [6, 6.07) is 10.5. The number of nitrogens with one attached hydrogen (secondary N) is 3. The lowest BCUT2D eigenvalue weighted by Crippen LogP contribution is -2.57. The van der Waals surface area contributed by atoms with Crippen molar-refractivity contribution in [2.75, 3.05) is 0 Å². The molecule has 3 N–H and O–H groups in total. The van der Waals surface area contributed by atoms with Crippen molar-refractivity contribution in [2.45, 2.75) is 37.8 Å². The highest BCUT2D eigenvalue weighted by Crippen LogP contribution is 2.30. The van der Waals surface area contributed by atoms with Gasteiger partial charge in [0.2, 0.25) is 5.91 Å². The van der Waals surface area contributed by atoms with Crippen LogP contribution in [0.3, 0.4) is 0 Å². The first-order valence-electron chi connectivity index (χ1n) is 8.03. The van der Waals surface area contributed by atoms with Crippen molar-refractivity contribution in [2.24, 2.45) is 5.92 Å². The Morgan fingerprint density at radius 1 is 1.26 bits per heavy atom. The van der Waals surface area contributed by atoms with Crippen molar-refractivity contribution in [1.82, 2.24) is 16.2 Å². The van der Waals surface area contributed by atoms with E-state index < -0.39 is 0 Å². The van der Waals surface area contributed by atoms with Crippen LogP contribution in [0.5, 0.6) is 0 Å². The highest BCUT2D eigenvalue weighted by molar-refractivity contribution is 7.20. The van der Waals surface area contributed by atoms with Gasteiger partial charge in [0, 0.05) is 23.2 Å².